The van der Waals surface area contributed by atoms with Crippen molar-refractivity contribution < 1.29 is 18.3 Å². The molecule has 1 saturated carbocycles. The van der Waals surface area contributed by atoms with E-state index in [2.05, 4.69) is 9.88 Å². The van der Waals surface area contributed by atoms with E-state index in [0.29, 0.717) is 30.2 Å². The number of amides is 1. The first kappa shape index (κ1) is 21.9. The van der Waals surface area contributed by atoms with Gasteiger partial charge in [0.2, 0.25) is 5.91 Å². The number of unbranched alkanes of at least 4 members (excludes halogenated alkanes) is 1. The summed E-state index contributed by atoms with van der Waals surface area (Å²) < 4.78 is 33.8. The molecule has 174 valence electrons. The third-order valence-electron chi connectivity index (χ3n) is 7.19. The molecule has 1 aliphatic carbocycles. The molecule has 1 amide bonds. The second-order valence-corrected chi connectivity index (χ2v) is 9.22. The Morgan fingerprint density at radius 1 is 1.15 bits per heavy atom. The van der Waals surface area contributed by atoms with Gasteiger partial charge in [-0.15, -0.1) is 0 Å². The van der Waals surface area contributed by atoms with Gasteiger partial charge < -0.3 is 15.5 Å². The molecule has 0 bridgehead atoms. The summed E-state index contributed by atoms with van der Waals surface area (Å²) in [6.45, 7) is 1.32. The van der Waals surface area contributed by atoms with Crippen LogP contribution >= 0.6 is 0 Å². The van der Waals surface area contributed by atoms with Gasteiger partial charge in [-0.2, -0.15) is 0 Å². The predicted molar refractivity (Wildman–Crippen MR) is 123 cm³/mol. The van der Waals surface area contributed by atoms with Crippen LogP contribution < -0.4 is 10.5 Å². The van der Waals surface area contributed by atoms with E-state index in [0.717, 1.165) is 55.1 Å². The molecule has 1 aliphatic heterocycles. The molecular formula is C26H29F2N3O2. The van der Waals surface area contributed by atoms with Gasteiger partial charge in [-0.1, -0.05) is 6.42 Å². The fourth-order valence-electron chi connectivity index (χ4n) is 5.22. The minimum absolute atomic E-state index is 0.0879. The number of carbonyl (C=O) groups excluding carboxylic acids is 1. The predicted octanol–water partition coefficient (Wildman–Crippen LogP) is 4.73. The third kappa shape index (κ3) is 4.34. The number of primary amides is 1. The molecule has 3 N–H and O–H groups in total. The van der Waals surface area contributed by atoms with Gasteiger partial charge in [-0.3, -0.25) is 9.69 Å². The van der Waals surface area contributed by atoms with E-state index < -0.39 is 11.7 Å². The number of H-pyrrole nitrogens is 1. The van der Waals surface area contributed by atoms with Crippen LogP contribution in [0.1, 0.15) is 53.6 Å². The van der Waals surface area contributed by atoms with E-state index in [1.807, 2.05) is 6.20 Å². The van der Waals surface area contributed by atoms with Gasteiger partial charge in [0.15, 0.2) is 11.6 Å². The number of hydrogen-bond acceptors (Lipinski definition) is 3. The zero-order valence-corrected chi connectivity index (χ0v) is 18.6. The Balaban J connectivity index is 1.26. The number of fused-ring (bicyclic) bond motifs is 2. The van der Waals surface area contributed by atoms with Crippen LogP contribution in [0, 0.1) is 11.6 Å². The van der Waals surface area contributed by atoms with Gasteiger partial charge in [0, 0.05) is 40.3 Å². The summed E-state index contributed by atoms with van der Waals surface area (Å²) in [6, 6.07) is 8.13. The summed E-state index contributed by atoms with van der Waals surface area (Å²) in [5.74, 6) is -1.05. The van der Waals surface area contributed by atoms with Crippen LogP contribution in [0.2, 0.25) is 0 Å². The molecule has 0 saturated heterocycles. The minimum Gasteiger partial charge on any atom is -0.489 e. The van der Waals surface area contributed by atoms with Gasteiger partial charge in [0.1, 0.15) is 12.4 Å². The molecule has 1 fully saturated rings. The van der Waals surface area contributed by atoms with Crippen LogP contribution in [0.3, 0.4) is 0 Å². The highest BCUT2D eigenvalue weighted by molar-refractivity contribution is 5.95. The number of nitrogens with two attached hydrogens (primary N) is 1. The summed E-state index contributed by atoms with van der Waals surface area (Å²) in [4.78, 5) is 17.6. The number of carbonyl (C=O) groups is 1. The zero-order chi connectivity index (χ0) is 22.9. The number of aromatic nitrogens is 1. The lowest BCUT2D eigenvalue weighted by atomic mass is 9.87. The van der Waals surface area contributed by atoms with Crippen LogP contribution in [-0.2, 0) is 12.8 Å². The maximum atomic E-state index is 14.3. The standard InChI is InChI=1S/C26H29F2N3O2/c27-17-7-10-24-21(12-17)16(14-30-24)4-1-2-11-31(18-5-3-6-18)19-13-22-20(26(29)32)8-9-23(28)25(22)33-15-19/h7-10,12,14,18-19,30H,1-6,11,13,15H2,(H2,29,32)/t19-/m1/s1. The molecule has 1 aromatic heterocycles. The Hall–Kier alpha value is -2.93. The van der Waals surface area contributed by atoms with Crippen LogP contribution in [0.15, 0.2) is 36.5 Å². The van der Waals surface area contributed by atoms with Crippen molar-refractivity contribution in [3.63, 3.8) is 0 Å². The van der Waals surface area contributed by atoms with Crippen molar-refractivity contribution in [2.75, 3.05) is 13.2 Å². The highest BCUT2D eigenvalue weighted by Gasteiger charge is 2.35. The quantitative estimate of drug-likeness (QED) is 0.485. The number of rotatable bonds is 8. The summed E-state index contributed by atoms with van der Waals surface area (Å²) in [7, 11) is 0. The lowest BCUT2D eigenvalue weighted by molar-refractivity contribution is 0.0417. The first-order chi connectivity index (χ1) is 16.0. The van der Waals surface area contributed by atoms with E-state index in [-0.39, 0.29) is 17.6 Å². The van der Waals surface area contributed by atoms with E-state index >= 15 is 0 Å². The molecule has 2 heterocycles. The van der Waals surface area contributed by atoms with Crippen molar-refractivity contribution in [3.8, 4) is 5.75 Å². The molecule has 0 unspecified atom stereocenters. The number of aryl methyl sites for hydroxylation is 1. The van der Waals surface area contributed by atoms with Crippen molar-refractivity contribution in [2.24, 2.45) is 5.73 Å². The molecule has 3 aromatic rings. The number of hydrogen-bond donors (Lipinski definition) is 2. The number of aromatic amines is 1. The Morgan fingerprint density at radius 3 is 2.76 bits per heavy atom. The summed E-state index contributed by atoms with van der Waals surface area (Å²) in [6.07, 6.45) is 8.90. The van der Waals surface area contributed by atoms with E-state index in [1.54, 1.807) is 12.1 Å². The van der Waals surface area contributed by atoms with E-state index in [9.17, 15) is 13.6 Å². The van der Waals surface area contributed by atoms with Gasteiger partial charge in [0.05, 0.1) is 0 Å². The fraction of sp³-hybridized carbons (Fsp3) is 0.423. The molecule has 0 spiro atoms. The molecule has 1 atom stereocenters. The highest BCUT2D eigenvalue weighted by atomic mass is 19.1. The second-order valence-electron chi connectivity index (χ2n) is 9.22. The van der Waals surface area contributed by atoms with Gasteiger partial charge >= 0.3 is 0 Å². The van der Waals surface area contributed by atoms with Crippen LogP contribution in [-0.4, -0.2) is 41.0 Å². The lowest BCUT2D eigenvalue weighted by Crippen LogP contribution is -2.51. The Bertz CT molecular complexity index is 1170. The summed E-state index contributed by atoms with van der Waals surface area (Å²) in [5, 5.41) is 0.948. The smallest absolute Gasteiger partial charge is 0.249 e. The third-order valence-corrected chi connectivity index (χ3v) is 7.19. The minimum atomic E-state index is -0.555. The number of nitrogens with zero attached hydrogens (tertiary/aromatic N) is 1. The molecule has 33 heavy (non-hydrogen) atoms. The van der Waals surface area contributed by atoms with Gasteiger partial charge in [-0.25, -0.2) is 8.78 Å². The first-order valence-corrected chi connectivity index (χ1v) is 11.8. The normalized spacial score (nSPS) is 18.2. The molecular weight excluding hydrogens is 424 g/mol. The second kappa shape index (κ2) is 9.14. The van der Waals surface area contributed by atoms with Crippen LogP contribution in [0.5, 0.6) is 5.75 Å². The lowest BCUT2D eigenvalue weighted by Gasteiger charge is -2.44. The average molecular weight is 454 g/mol. The van der Waals surface area contributed by atoms with Crippen molar-refractivity contribution in [1.82, 2.24) is 9.88 Å². The molecule has 2 aromatic carbocycles. The van der Waals surface area contributed by atoms with Crippen molar-refractivity contribution in [1.29, 1.82) is 0 Å². The van der Waals surface area contributed by atoms with Crippen LogP contribution in [0.25, 0.3) is 10.9 Å². The number of benzene rings is 2. The maximum absolute atomic E-state index is 14.3. The van der Waals surface area contributed by atoms with Gasteiger partial charge in [0.25, 0.3) is 0 Å². The topological polar surface area (TPSA) is 71.4 Å². The largest absolute Gasteiger partial charge is 0.489 e. The molecule has 7 heteroatoms. The van der Waals surface area contributed by atoms with Crippen LogP contribution in [0.4, 0.5) is 8.78 Å². The maximum Gasteiger partial charge on any atom is 0.249 e. The van der Waals surface area contributed by atoms with Crippen molar-refractivity contribution in [3.05, 3.63) is 64.9 Å². The monoisotopic (exact) mass is 453 g/mol. The summed E-state index contributed by atoms with van der Waals surface area (Å²) in [5.41, 5.74) is 8.57. The average Bonchev–Trinajstić information content (AvgIpc) is 3.16. The molecule has 2 aliphatic rings. The number of nitrogens with one attached hydrogen (secondary N) is 1. The first-order valence-electron chi connectivity index (χ1n) is 11.8. The van der Waals surface area contributed by atoms with E-state index in [1.165, 1.54) is 24.6 Å². The van der Waals surface area contributed by atoms with Gasteiger partial charge in [-0.05, 0) is 81.0 Å². The number of halogens is 2. The highest BCUT2D eigenvalue weighted by Crippen LogP contribution is 2.35. The fourth-order valence-corrected chi connectivity index (χ4v) is 5.22. The Kier molecular flexibility index (Phi) is 6.06. The zero-order valence-electron chi connectivity index (χ0n) is 18.6. The van der Waals surface area contributed by atoms with Crippen molar-refractivity contribution in [2.45, 2.75) is 57.0 Å². The molecule has 5 rings (SSSR count). The summed E-state index contributed by atoms with van der Waals surface area (Å²) >= 11 is 0. The molecule has 0 radical (unpaired) electrons. The number of ether oxygens (including phenoxy) is 1. The van der Waals surface area contributed by atoms with E-state index in [4.69, 9.17) is 10.5 Å². The van der Waals surface area contributed by atoms with Crippen molar-refractivity contribution >= 4 is 16.8 Å². The Morgan fingerprint density at radius 2 is 2.00 bits per heavy atom. The SMILES string of the molecule is NC(=O)c1ccc(F)c2c1C[C@@H](N(CCCCc1c[nH]c3ccc(F)cc13)C1CCC1)CO2. The molecule has 5 nitrogen and oxygen atoms in total. The Labute approximate surface area is 191 Å².